The van der Waals surface area contributed by atoms with Crippen LogP contribution >= 0.6 is 0 Å². The molecule has 1 aliphatic rings. The van der Waals surface area contributed by atoms with Gasteiger partial charge in [-0.15, -0.1) is 0 Å². The number of piperidine rings is 1. The lowest BCUT2D eigenvalue weighted by Gasteiger charge is -2.40. The smallest absolute Gasteiger partial charge is 0.321 e. The summed E-state index contributed by atoms with van der Waals surface area (Å²) >= 11 is 0. The summed E-state index contributed by atoms with van der Waals surface area (Å²) in [4.78, 5) is 14.9. The number of rotatable bonds is 3. The predicted molar refractivity (Wildman–Crippen MR) is 115 cm³/mol. The van der Waals surface area contributed by atoms with E-state index in [9.17, 15) is 4.79 Å². The highest BCUT2D eigenvalue weighted by molar-refractivity contribution is 5.90. The van der Waals surface area contributed by atoms with Crippen molar-refractivity contribution in [3.8, 4) is 11.1 Å². The van der Waals surface area contributed by atoms with Gasteiger partial charge in [0.1, 0.15) is 0 Å². The molecule has 0 radical (unpaired) electrons. The average Bonchev–Trinajstić information content (AvgIpc) is 2.75. The maximum absolute atomic E-state index is 12.9. The van der Waals surface area contributed by atoms with E-state index >= 15 is 0 Å². The molecule has 1 unspecified atom stereocenters. The summed E-state index contributed by atoms with van der Waals surface area (Å²) in [5.74, 6) is 0. The fourth-order valence-corrected chi connectivity index (χ4v) is 4.10. The molecule has 1 N–H and O–H groups in total. The minimum atomic E-state index is -0.0212. The number of anilines is 1. The highest BCUT2D eigenvalue weighted by Gasteiger charge is 2.34. The molecule has 3 nitrogen and oxygen atoms in total. The molecule has 3 aromatic rings. The molecule has 3 aromatic carbocycles. The second-order valence-corrected chi connectivity index (χ2v) is 7.83. The van der Waals surface area contributed by atoms with E-state index < -0.39 is 0 Å². The number of amides is 2. The fourth-order valence-electron chi connectivity index (χ4n) is 4.10. The maximum Gasteiger partial charge on any atom is 0.321 e. The van der Waals surface area contributed by atoms with Crippen molar-refractivity contribution in [1.29, 1.82) is 0 Å². The van der Waals surface area contributed by atoms with Gasteiger partial charge in [0.05, 0.1) is 0 Å². The molecule has 28 heavy (non-hydrogen) atoms. The minimum absolute atomic E-state index is 0.00272. The fraction of sp³-hybridized carbons (Fsp3) is 0.240. The monoisotopic (exact) mass is 370 g/mol. The number of hydrogen-bond acceptors (Lipinski definition) is 1. The maximum atomic E-state index is 12.9. The summed E-state index contributed by atoms with van der Waals surface area (Å²) in [6.45, 7) is 3.80. The highest BCUT2D eigenvalue weighted by atomic mass is 16.2. The topological polar surface area (TPSA) is 32.3 Å². The quantitative estimate of drug-likeness (QED) is 0.608. The zero-order chi connectivity index (χ0) is 19.4. The van der Waals surface area contributed by atoms with E-state index in [-0.39, 0.29) is 11.4 Å². The Morgan fingerprint density at radius 2 is 1.57 bits per heavy atom. The SMILES string of the molecule is CC1(c2ccccc2)CCCN(C(=O)Nc2cccc(-c3ccccc3)c2)C1. The third-order valence-electron chi connectivity index (χ3n) is 5.68. The van der Waals surface area contributed by atoms with E-state index in [1.165, 1.54) is 5.56 Å². The van der Waals surface area contributed by atoms with E-state index in [0.29, 0.717) is 0 Å². The molecule has 1 fully saturated rings. The molecular formula is C25H26N2O. The lowest BCUT2D eigenvalue weighted by molar-refractivity contribution is 0.167. The second kappa shape index (κ2) is 7.89. The van der Waals surface area contributed by atoms with Crippen LogP contribution in [0.5, 0.6) is 0 Å². The van der Waals surface area contributed by atoms with E-state index in [2.05, 4.69) is 54.7 Å². The summed E-state index contributed by atoms with van der Waals surface area (Å²) in [6, 6.07) is 28.8. The number of nitrogens with one attached hydrogen (secondary N) is 1. The van der Waals surface area contributed by atoms with Crippen LogP contribution in [-0.4, -0.2) is 24.0 Å². The van der Waals surface area contributed by atoms with Crippen molar-refractivity contribution in [2.75, 3.05) is 18.4 Å². The first kappa shape index (κ1) is 18.3. The molecule has 2 amide bonds. The van der Waals surface area contributed by atoms with Crippen molar-refractivity contribution in [2.24, 2.45) is 0 Å². The van der Waals surface area contributed by atoms with Crippen molar-refractivity contribution >= 4 is 11.7 Å². The predicted octanol–water partition coefficient (Wildman–Crippen LogP) is 5.94. The Balaban J connectivity index is 1.48. The van der Waals surface area contributed by atoms with Crippen LogP contribution in [0.4, 0.5) is 10.5 Å². The van der Waals surface area contributed by atoms with Crippen LogP contribution < -0.4 is 5.32 Å². The molecule has 0 aromatic heterocycles. The number of hydrogen-bond donors (Lipinski definition) is 1. The summed E-state index contributed by atoms with van der Waals surface area (Å²) in [7, 11) is 0. The zero-order valence-corrected chi connectivity index (χ0v) is 16.3. The first-order chi connectivity index (χ1) is 13.6. The molecule has 4 rings (SSSR count). The van der Waals surface area contributed by atoms with Gasteiger partial charge in [-0.2, -0.15) is 0 Å². The van der Waals surface area contributed by atoms with Gasteiger partial charge in [-0.05, 0) is 41.7 Å². The molecule has 142 valence electrons. The number of carbonyl (C=O) groups is 1. The molecule has 0 saturated carbocycles. The summed E-state index contributed by atoms with van der Waals surface area (Å²) in [6.07, 6.45) is 2.12. The second-order valence-electron chi connectivity index (χ2n) is 7.83. The van der Waals surface area contributed by atoms with Crippen molar-refractivity contribution in [1.82, 2.24) is 4.90 Å². The van der Waals surface area contributed by atoms with Crippen molar-refractivity contribution in [3.05, 3.63) is 90.5 Å². The van der Waals surface area contributed by atoms with Crippen molar-refractivity contribution in [2.45, 2.75) is 25.2 Å². The Morgan fingerprint density at radius 1 is 0.893 bits per heavy atom. The third-order valence-corrected chi connectivity index (χ3v) is 5.68. The summed E-state index contributed by atoms with van der Waals surface area (Å²) in [5.41, 5.74) is 4.39. The van der Waals surface area contributed by atoms with E-state index in [1.807, 2.05) is 47.4 Å². The summed E-state index contributed by atoms with van der Waals surface area (Å²) < 4.78 is 0. The van der Waals surface area contributed by atoms with E-state index in [4.69, 9.17) is 0 Å². The van der Waals surface area contributed by atoms with Crippen molar-refractivity contribution < 1.29 is 4.79 Å². The van der Waals surface area contributed by atoms with Gasteiger partial charge in [0.15, 0.2) is 0 Å². The van der Waals surface area contributed by atoms with Gasteiger partial charge >= 0.3 is 6.03 Å². The number of nitrogens with zero attached hydrogens (tertiary/aromatic N) is 1. The van der Waals surface area contributed by atoms with Gasteiger partial charge < -0.3 is 10.2 Å². The molecule has 1 atom stereocenters. The van der Waals surface area contributed by atoms with Gasteiger partial charge in [0.25, 0.3) is 0 Å². The number of urea groups is 1. The normalized spacial score (nSPS) is 19.2. The lowest BCUT2D eigenvalue weighted by Crippen LogP contribution is -2.48. The van der Waals surface area contributed by atoms with Crippen LogP contribution in [0.15, 0.2) is 84.9 Å². The molecule has 0 bridgehead atoms. The third kappa shape index (κ3) is 3.94. The van der Waals surface area contributed by atoms with Gasteiger partial charge in [-0.3, -0.25) is 0 Å². The van der Waals surface area contributed by atoms with Crippen LogP contribution in [0.25, 0.3) is 11.1 Å². The van der Waals surface area contributed by atoms with Gasteiger partial charge in [0.2, 0.25) is 0 Å². The van der Waals surface area contributed by atoms with Gasteiger partial charge in [-0.25, -0.2) is 4.79 Å². The first-order valence-electron chi connectivity index (χ1n) is 9.91. The Morgan fingerprint density at radius 3 is 2.32 bits per heavy atom. The molecule has 0 spiro atoms. The van der Waals surface area contributed by atoms with Crippen LogP contribution in [0.1, 0.15) is 25.3 Å². The van der Waals surface area contributed by atoms with Crippen LogP contribution in [-0.2, 0) is 5.41 Å². The van der Waals surface area contributed by atoms with Crippen LogP contribution in [0.3, 0.4) is 0 Å². The average molecular weight is 370 g/mol. The Kier molecular flexibility index (Phi) is 5.16. The number of benzene rings is 3. The molecular weight excluding hydrogens is 344 g/mol. The van der Waals surface area contributed by atoms with Crippen LogP contribution in [0.2, 0.25) is 0 Å². The molecule has 1 aliphatic heterocycles. The first-order valence-corrected chi connectivity index (χ1v) is 9.91. The summed E-state index contributed by atoms with van der Waals surface area (Å²) in [5, 5.41) is 3.10. The van der Waals surface area contributed by atoms with Crippen LogP contribution in [0, 0.1) is 0 Å². The molecule has 1 heterocycles. The number of likely N-dealkylation sites (tertiary alicyclic amines) is 1. The van der Waals surface area contributed by atoms with Crippen molar-refractivity contribution in [3.63, 3.8) is 0 Å². The molecule has 3 heteroatoms. The number of carbonyl (C=O) groups excluding carboxylic acids is 1. The van der Waals surface area contributed by atoms with Gasteiger partial charge in [0, 0.05) is 24.2 Å². The molecule has 0 aliphatic carbocycles. The van der Waals surface area contributed by atoms with Gasteiger partial charge in [-0.1, -0.05) is 79.7 Å². The van der Waals surface area contributed by atoms with E-state index in [1.54, 1.807) is 0 Å². The Hall–Kier alpha value is -3.07. The highest BCUT2D eigenvalue weighted by Crippen LogP contribution is 2.34. The largest absolute Gasteiger partial charge is 0.324 e. The molecule has 1 saturated heterocycles. The lowest BCUT2D eigenvalue weighted by atomic mass is 9.76. The van der Waals surface area contributed by atoms with E-state index in [0.717, 1.165) is 42.7 Å². The zero-order valence-electron chi connectivity index (χ0n) is 16.3. The minimum Gasteiger partial charge on any atom is -0.324 e. The standard InChI is InChI=1S/C25H26N2O/c1-25(22-13-6-3-7-14-22)16-9-17-27(19-25)24(28)26-23-15-8-12-21(18-23)20-10-4-2-5-11-20/h2-8,10-15,18H,9,16-17,19H2,1H3,(H,26,28). The Bertz CT molecular complexity index is 939. The Labute approximate surface area is 167 Å².